The maximum Gasteiger partial charge on any atom is 0.243 e. The van der Waals surface area contributed by atoms with Crippen LogP contribution in [-0.2, 0) is 10.0 Å². The van der Waals surface area contributed by atoms with E-state index in [1.54, 1.807) is 10.4 Å². The zero-order valence-corrected chi connectivity index (χ0v) is 19.9. The number of allylic oxidation sites excluding steroid dienone is 2. The Morgan fingerprint density at radius 3 is 2.38 bits per heavy atom. The highest BCUT2D eigenvalue weighted by molar-refractivity contribution is 7.89. The van der Waals surface area contributed by atoms with Gasteiger partial charge in [0.25, 0.3) is 0 Å². The molecule has 0 aromatic heterocycles. The monoisotopic (exact) mass is 450 g/mol. The molecular formula is C27H34N2O2S. The summed E-state index contributed by atoms with van der Waals surface area (Å²) in [4.78, 5) is 0.443. The molecule has 0 bridgehead atoms. The van der Waals surface area contributed by atoms with E-state index in [2.05, 4.69) is 55.6 Å². The van der Waals surface area contributed by atoms with Crippen LogP contribution in [0.25, 0.3) is 0 Å². The number of benzene rings is 2. The van der Waals surface area contributed by atoms with E-state index in [0.717, 1.165) is 43.4 Å². The summed E-state index contributed by atoms with van der Waals surface area (Å²) in [6.07, 6.45) is 9.70. The van der Waals surface area contributed by atoms with Crippen molar-refractivity contribution in [1.29, 1.82) is 0 Å². The van der Waals surface area contributed by atoms with Crippen LogP contribution >= 0.6 is 0 Å². The first-order valence-corrected chi connectivity index (χ1v) is 13.6. The lowest BCUT2D eigenvalue weighted by atomic mass is 9.77. The Hall–Kier alpha value is -2.11. The van der Waals surface area contributed by atoms with Crippen molar-refractivity contribution in [3.8, 4) is 0 Å². The number of sulfonamides is 1. The van der Waals surface area contributed by atoms with Gasteiger partial charge in [0.05, 0.1) is 10.9 Å². The molecule has 3 unspecified atom stereocenters. The van der Waals surface area contributed by atoms with Gasteiger partial charge in [0.15, 0.2) is 0 Å². The van der Waals surface area contributed by atoms with Crippen molar-refractivity contribution in [2.24, 2.45) is 5.92 Å². The van der Waals surface area contributed by atoms with Crippen LogP contribution in [0.3, 0.4) is 0 Å². The fourth-order valence-corrected chi connectivity index (χ4v) is 7.14. The molecule has 1 fully saturated rings. The van der Waals surface area contributed by atoms with Crippen LogP contribution in [0.4, 0.5) is 5.69 Å². The molecule has 5 heteroatoms. The first-order valence-electron chi connectivity index (χ1n) is 12.1. The van der Waals surface area contributed by atoms with E-state index in [1.165, 1.54) is 11.1 Å². The fraction of sp³-hybridized carbons (Fsp3) is 0.481. The maximum atomic E-state index is 13.4. The van der Waals surface area contributed by atoms with Gasteiger partial charge in [-0.25, -0.2) is 8.42 Å². The van der Waals surface area contributed by atoms with E-state index in [4.69, 9.17) is 0 Å². The Bertz CT molecular complexity index is 1100. The van der Waals surface area contributed by atoms with E-state index < -0.39 is 10.0 Å². The minimum atomic E-state index is -3.44. The smallest absolute Gasteiger partial charge is 0.243 e. The molecule has 2 heterocycles. The molecule has 2 aromatic carbocycles. The fourth-order valence-electron chi connectivity index (χ4n) is 5.58. The van der Waals surface area contributed by atoms with Gasteiger partial charge in [-0.3, -0.25) is 0 Å². The number of rotatable bonds is 4. The number of hydrogen-bond donors (Lipinski definition) is 1. The topological polar surface area (TPSA) is 49.4 Å². The average Bonchev–Trinajstić information content (AvgIpc) is 3.12. The van der Waals surface area contributed by atoms with Crippen LogP contribution < -0.4 is 5.32 Å². The summed E-state index contributed by atoms with van der Waals surface area (Å²) in [6.45, 7) is 5.72. The van der Waals surface area contributed by atoms with Gasteiger partial charge in [-0.15, -0.1) is 0 Å². The maximum absolute atomic E-state index is 13.4. The van der Waals surface area contributed by atoms with Gasteiger partial charge in [0.2, 0.25) is 10.0 Å². The lowest BCUT2D eigenvalue weighted by Crippen LogP contribution is -2.33. The molecule has 32 heavy (non-hydrogen) atoms. The summed E-state index contributed by atoms with van der Waals surface area (Å²) in [5.41, 5.74) is 4.84. The molecule has 0 radical (unpaired) electrons. The third-order valence-corrected chi connectivity index (χ3v) is 9.39. The largest absolute Gasteiger partial charge is 0.378 e. The molecule has 1 saturated heterocycles. The van der Waals surface area contributed by atoms with Crippen LogP contribution in [0.5, 0.6) is 0 Å². The summed E-state index contributed by atoms with van der Waals surface area (Å²) >= 11 is 0. The molecule has 5 rings (SSSR count). The SMILES string of the molecule is CC(C)c1ccc(C2Nc3ccc(S(=O)(=O)N4CCCCCC4)cc3C3C=CCC32)cc1. The first-order chi connectivity index (χ1) is 15.4. The van der Waals surface area contributed by atoms with Crippen LogP contribution in [0.2, 0.25) is 0 Å². The predicted molar refractivity (Wildman–Crippen MR) is 131 cm³/mol. The van der Waals surface area contributed by atoms with E-state index in [-0.39, 0.29) is 12.0 Å². The summed E-state index contributed by atoms with van der Waals surface area (Å²) in [6, 6.07) is 14.9. The van der Waals surface area contributed by atoms with Crippen molar-refractivity contribution < 1.29 is 8.42 Å². The lowest BCUT2D eigenvalue weighted by molar-refractivity contribution is 0.419. The van der Waals surface area contributed by atoms with Crippen molar-refractivity contribution in [2.45, 2.75) is 68.7 Å². The molecule has 3 atom stereocenters. The summed E-state index contributed by atoms with van der Waals surface area (Å²) < 4.78 is 28.4. The minimum Gasteiger partial charge on any atom is -0.378 e. The summed E-state index contributed by atoms with van der Waals surface area (Å²) in [7, 11) is -3.44. The van der Waals surface area contributed by atoms with Gasteiger partial charge in [0, 0.05) is 24.7 Å². The Morgan fingerprint density at radius 1 is 0.969 bits per heavy atom. The second-order valence-electron chi connectivity index (χ2n) is 9.86. The molecule has 3 aliphatic rings. The number of hydrogen-bond acceptors (Lipinski definition) is 3. The van der Waals surface area contributed by atoms with Crippen LogP contribution in [0.15, 0.2) is 59.5 Å². The van der Waals surface area contributed by atoms with Gasteiger partial charge >= 0.3 is 0 Å². The quantitative estimate of drug-likeness (QED) is 0.564. The van der Waals surface area contributed by atoms with E-state index in [9.17, 15) is 8.42 Å². The van der Waals surface area contributed by atoms with Gasteiger partial charge in [-0.05, 0) is 66.0 Å². The van der Waals surface area contributed by atoms with Crippen LogP contribution in [-0.4, -0.2) is 25.8 Å². The first kappa shape index (κ1) is 21.7. The molecule has 170 valence electrons. The molecular weight excluding hydrogens is 416 g/mol. The third kappa shape index (κ3) is 3.90. The Morgan fingerprint density at radius 2 is 1.69 bits per heavy atom. The van der Waals surface area contributed by atoms with Crippen molar-refractivity contribution in [2.75, 3.05) is 18.4 Å². The normalized spacial score (nSPS) is 25.8. The van der Waals surface area contributed by atoms with Crippen molar-refractivity contribution >= 4 is 15.7 Å². The van der Waals surface area contributed by atoms with Gasteiger partial charge in [-0.1, -0.05) is 63.1 Å². The molecule has 2 aliphatic heterocycles. The van der Waals surface area contributed by atoms with Crippen molar-refractivity contribution in [1.82, 2.24) is 4.31 Å². The predicted octanol–water partition coefficient (Wildman–Crippen LogP) is 6.20. The second kappa shape index (κ2) is 8.68. The molecule has 1 N–H and O–H groups in total. The Labute approximate surface area is 192 Å². The Kier molecular flexibility index (Phi) is 5.89. The molecule has 0 spiro atoms. The summed E-state index contributed by atoms with van der Waals surface area (Å²) in [5, 5.41) is 3.75. The van der Waals surface area contributed by atoms with Crippen LogP contribution in [0.1, 0.15) is 80.5 Å². The van der Waals surface area contributed by atoms with E-state index in [0.29, 0.717) is 29.8 Å². The highest BCUT2D eigenvalue weighted by Crippen LogP contribution is 2.50. The average molecular weight is 451 g/mol. The molecule has 0 amide bonds. The van der Waals surface area contributed by atoms with Crippen molar-refractivity contribution in [3.63, 3.8) is 0 Å². The van der Waals surface area contributed by atoms with Gasteiger partial charge in [0.1, 0.15) is 0 Å². The minimum absolute atomic E-state index is 0.233. The number of anilines is 1. The Balaban J connectivity index is 1.47. The zero-order valence-electron chi connectivity index (χ0n) is 19.1. The molecule has 4 nitrogen and oxygen atoms in total. The standard InChI is InChI=1S/C27H34N2O2S/c1-19(2)20-10-12-21(13-11-20)27-24-9-7-8-23(24)25-18-22(14-15-26(25)28-27)32(30,31)29-16-5-3-4-6-17-29/h7-8,10-15,18-19,23-24,27-28H,3-6,9,16-17H2,1-2H3. The lowest BCUT2D eigenvalue weighted by Gasteiger charge is -2.38. The third-order valence-electron chi connectivity index (χ3n) is 7.50. The zero-order chi connectivity index (χ0) is 22.3. The molecule has 1 aliphatic carbocycles. The van der Waals surface area contributed by atoms with Crippen molar-refractivity contribution in [3.05, 3.63) is 71.3 Å². The highest BCUT2D eigenvalue weighted by Gasteiger charge is 2.39. The van der Waals surface area contributed by atoms with Gasteiger partial charge in [-0.2, -0.15) is 4.31 Å². The molecule has 2 aromatic rings. The molecule has 0 saturated carbocycles. The summed E-state index contributed by atoms with van der Waals surface area (Å²) in [5.74, 6) is 1.18. The number of nitrogens with one attached hydrogen (secondary N) is 1. The van der Waals surface area contributed by atoms with Gasteiger partial charge < -0.3 is 5.32 Å². The second-order valence-corrected chi connectivity index (χ2v) is 11.8. The number of nitrogens with zero attached hydrogens (tertiary/aromatic N) is 1. The number of fused-ring (bicyclic) bond motifs is 3. The highest BCUT2D eigenvalue weighted by atomic mass is 32.2. The van der Waals surface area contributed by atoms with Crippen LogP contribution in [0, 0.1) is 5.92 Å². The van der Waals surface area contributed by atoms with E-state index >= 15 is 0 Å². The van der Waals surface area contributed by atoms with E-state index in [1.807, 2.05) is 12.1 Å².